The third kappa shape index (κ3) is 2.76. The van der Waals surface area contributed by atoms with E-state index < -0.39 is 5.97 Å². The molecule has 2 aromatic rings. The van der Waals surface area contributed by atoms with E-state index in [1.54, 1.807) is 41.8 Å². The molecule has 1 aliphatic heterocycles. The number of hydrogen-bond donors (Lipinski definition) is 0. The maximum atomic E-state index is 12.8. The van der Waals surface area contributed by atoms with E-state index in [2.05, 4.69) is 0 Å². The second-order valence-corrected chi connectivity index (χ2v) is 7.48. The minimum atomic E-state index is -0.424. The van der Waals surface area contributed by atoms with Gasteiger partial charge in [0.05, 0.1) is 17.5 Å². The van der Waals surface area contributed by atoms with E-state index in [0.29, 0.717) is 22.7 Å². The molecule has 3 atom stereocenters. The van der Waals surface area contributed by atoms with Crippen LogP contribution >= 0.6 is 11.3 Å². The van der Waals surface area contributed by atoms with Crippen molar-refractivity contribution in [3.63, 3.8) is 0 Å². The van der Waals surface area contributed by atoms with Crippen LogP contribution in [0.15, 0.2) is 53.9 Å². The predicted octanol–water partition coefficient (Wildman–Crippen LogP) is 3.67. The molecule has 132 valence electrons. The van der Waals surface area contributed by atoms with Gasteiger partial charge in [0.1, 0.15) is 10.6 Å². The molecule has 1 saturated heterocycles. The number of carbonyl (C=O) groups excluding carboxylic acids is 3. The van der Waals surface area contributed by atoms with Crippen LogP contribution in [0.3, 0.4) is 0 Å². The summed E-state index contributed by atoms with van der Waals surface area (Å²) >= 11 is 1.31. The van der Waals surface area contributed by atoms with Crippen LogP contribution < -0.4 is 9.64 Å². The molecule has 0 N–H and O–H groups in total. The van der Waals surface area contributed by atoms with Crippen LogP contribution in [-0.2, 0) is 9.59 Å². The summed E-state index contributed by atoms with van der Waals surface area (Å²) in [5.74, 6) is -0.866. The molecule has 4 rings (SSSR count). The van der Waals surface area contributed by atoms with Gasteiger partial charge in [-0.15, -0.1) is 11.3 Å². The molecule has 1 fully saturated rings. The summed E-state index contributed by atoms with van der Waals surface area (Å²) in [6.07, 6.45) is 4.59. The van der Waals surface area contributed by atoms with Gasteiger partial charge in [-0.1, -0.05) is 25.1 Å². The Kier molecular flexibility index (Phi) is 4.20. The summed E-state index contributed by atoms with van der Waals surface area (Å²) in [4.78, 5) is 39.2. The van der Waals surface area contributed by atoms with Crippen molar-refractivity contribution in [2.45, 2.75) is 13.3 Å². The molecule has 5 nitrogen and oxygen atoms in total. The number of hydrogen-bond acceptors (Lipinski definition) is 5. The highest BCUT2D eigenvalue weighted by Gasteiger charge is 2.50. The fourth-order valence-corrected chi connectivity index (χ4v) is 4.22. The molecule has 0 unspecified atom stereocenters. The van der Waals surface area contributed by atoms with Crippen molar-refractivity contribution in [1.29, 1.82) is 0 Å². The van der Waals surface area contributed by atoms with E-state index in [1.165, 1.54) is 16.2 Å². The molecule has 0 spiro atoms. The molecule has 6 heteroatoms. The standard InChI is InChI=1S/C20H17NO4S/c1-12-4-2-5-15-17(12)19(23)21(18(15)22)13-7-9-14(10-8-13)25-20(24)16-6-3-11-26-16/h2-4,6-12,15,17H,5H2,1H3/t12-,15+,17+/m0/s1. The maximum absolute atomic E-state index is 12.8. The fraction of sp³-hybridized carbons (Fsp3) is 0.250. The first-order chi connectivity index (χ1) is 12.6. The molecular weight excluding hydrogens is 350 g/mol. The van der Waals surface area contributed by atoms with Gasteiger partial charge in [-0.05, 0) is 48.1 Å². The monoisotopic (exact) mass is 367 g/mol. The number of imide groups is 1. The molecular formula is C20H17NO4S. The predicted molar refractivity (Wildman–Crippen MR) is 98.1 cm³/mol. The Morgan fingerprint density at radius 3 is 2.58 bits per heavy atom. The molecule has 1 aromatic heterocycles. The van der Waals surface area contributed by atoms with Gasteiger partial charge in [-0.2, -0.15) is 0 Å². The first kappa shape index (κ1) is 16.7. The lowest BCUT2D eigenvalue weighted by Crippen LogP contribution is -2.31. The molecule has 2 heterocycles. The fourth-order valence-electron chi connectivity index (χ4n) is 3.62. The van der Waals surface area contributed by atoms with Crippen LogP contribution in [0.25, 0.3) is 0 Å². The van der Waals surface area contributed by atoms with E-state index in [1.807, 2.05) is 19.1 Å². The second kappa shape index (κ2) is 6.53. The highest BCUT2D eigenvalue weighted by molar-refractivity contribution is 7.12. The molecule has 26 heavy (non-hydrogen) atoms. The van der Waals surface area contributed by atoms with Crippen molar-refractivity contribution < 1.29 is 19.1 Å². The highest BCUT2D eigenvalue weighted by atomic mass is 32.1. The van der Waals surface area contributed by atoms with Gasteiger partial charge in [0.2, 0.25) is 11.8 Å². The first-order valence-corrected chi connectivity index (χ1v) is 9.34. The van der Waals surface area contributed by atoms with Gasteiger partial charge < -0.3 is 4.74 Å². The van der Waals surface area contributed by atoms with Crippen molar-refractivity contribution in [2.24, 2.45) is 17.8 Å². The molecule has 1 aliphatic carbocycles. The lowest BCUT2D eigenvalue weighted by Gasteiger charge is -2.22. The van der Waals surface area contributed by atoms with Gasteiger partial charge in [0.25, 0.3) is 0 Å². The van der Waals surface area contributed by atoms with Crippen LogP contribution in [0.4, 0.5) is 5.69 Å². The SMILES string of the molecule is C[C@H]1C=CC[C@H]2C(=O)N(c3ccc(OC(=O)c4cccs4)cc3)C(=O)[C@H]12. The average Bonchev–Trinajstić information content (AvgIpc) is 3.25. The number of anilines is 1. The van der Waals surface area contributed by atoms with E-state index in [0.717, 1.165) is 0 Å². The molecule has 1 aromatic carbocycles. The molecule has 2 amide bonds. The van der Waals surface area contributed by atoms with Crippen LogP contribution in [0, 0.1) is 17.8 Å². The molecule has 0 saturated carbocycles. The summed E-state index contributed by atoms with van der Waals surface area (Å²) in [7, 11) is 0. The van der Waals surface area contributed by atoms with Crippen molar-refractivity contribution in [2.75, 3.05) is 4.90 Å². The van der Waals surface area contributed by atoms with Gasteiger partial charge in [-0.3, -0.25) is 14.5 Å². The Labute approximate surface area is 154 Å². The maximum Gasteiger partial charge on any atom is 0.353 e. The van der Waals surface area contributed by atoms with Gasteiger partial charge in [0, 0.05) is 0 Å². The number of amides is 2. The third-order valence-corrected chi connectivity index (χ3v) is 5.75. The summed E-state index contributed by atoms with van der Waals surface area (Å²) in [6, 6.07) is 9.96. The van der Waals surface area contributed by atoms with E-state index in [-0.39, 0.29) is 29.6 Å². The number of ether oxygens (including phenoxy) is 1. The number of benzene rings is 1. The lowest BCUT2D eigenvalue weighted by molar-refractivity contribution is -0.122. The second-order valence-electron chi connectivity index (χ2n) is 6.53. The Balaban J connectivity index is 1.53. The number of thiophene rings is 1. The molecule has 0 radical (unpaired) electrons. The number of allylic oxidation sites excluding steroid dienone is 2. The van der Waals surface area contributed by atoms with Crippen molar-refractivity contribution in [1.82, 2.24) is 0 Å². The number of rotatable bonds is 3. The van der Waals surface area contributed by atoms with Crippen molar-refractivity contribution in [3.05, 3.63) is 58.8 Å². The zero-order valence-corrected chi connectivity index (χ0v) is 14.9. The lowest BCUT2D eigenvalue weighted by atomic mass is 9.78. The quantitative estimate of drug-likeness (QED) is 0.359. The largest absolute Gasteiger partial charge is 0.422 e. The number of esters is 1. The van der Waals surface area contributed by atoms with Crippen LogP contribution in [0.5, 0.6) is 5.75 Å². The number of fused-ring (bicyclic) bond motifs is 1. The van der Waals surface area contributed by atoms with Crippen molar-refractivity contribution in [3.8, 4) is 5.75 Å². The van der Waals surface area contributed by atoms with Crippen LogP contribution in [0.2, 0.25) is 0 Å². The zero-order valence-electron chi connectivity index (χ0n) is 14.1. The molecule has 2 aliphatic rings. The van der Waals surface area contributed by atoms with Gasteiger partial charge in [0.15, 0.2) is 0 Å². The summed E-state index contributed by atoms with van der Waals surface area (Å²) in [5, 5.41) is 1.81. The molecule has 0 bridgehead atoms. The first-order valence-electron chi connectivity index (χ1n) is 8.46. The van der Waals surface area contributed by atoms with E-state index in [4.69, 9.17) is 4.74 Å². The minimum absolute atomic E-state index is 0.0567. The summed E-state index contributed by atoms with van der Waals surface area (Å²) in [6.45, 7) is 1.97. The van der Waals surface area contributed by atoms with Gasteiger partial charge >= 0.3 is 5.97 Å². The Bertz CT molecular complexity index is 885. The van der Waals surface area contributed by atoms with E-state index >= 15 is 0 Å². The highest BCUT2D eigenvalue weighted by Crippen LogP contribution is 2.40. The number of carbonyl (C=O) groups is 3. The minimum Gasteiger partial charge on any atom is -0.422 e. The van der Waals surface area contributed by atoms with Gasteiger partial charge in [-0.25, -0.2) is 4.79 Å². The summed E-state index contributed by atoms with van der Waals surface area (Å²) < 4.78 is 5.31. The van der Waals surface area contributed by atoms with Crippen LogP contribution in [-0.4, -0.2) is 17.8 Å². The number of nitrogens with zero attached hydrogens (tertiary/aromatic N) is 1. The zero-order chi connectivity index (χ0) is 18.3. The smallest absolute Gasteiger partial charge is 0.353 e. The average molecular weight is 367 g/mol. The van der Waals surface area contributed by atoms with E-state index in [9.17, 15) is 14.4 Å². The van der Waals surface area contributed by atoms with Crippen molar-refractivity contribution >= 4 is 34.8 Å². The third-order valence-electron chi connectivity index (χ3n) is 4.90. The van der Waals surface area contributed by atoms with Crippen LogP contribution in [0.1, 0.15) is 23.0 Å². The Hall–Kier alpha value is -2.73. The Morgan fingerprint density at radius 1 is 1.15 bits per heavy atom. The topological polar surface area (TPSA) is 63.7 Å². The summed E-state index contributed by atoms with van der Waals surface area (Å²) in [5.41, 5.74) is 0.512. The Morgan fingerprint density at radius 2 is 1.92 bits per heavy atom. The normalized spacial score (nSPS) is 24.7.